The van der Waals surface area contributed by atoms with Crippen LogP contribution in [0.3, 0.4) is 0 Å². The first kappa shape index (κ1) is 21.0. The molecule has 0 bridgehead atoms. The van der Waals surface area contributed by atoms with Gasteiger partial charge in [-0.25, -0.2) is 4.98 Å². The molecular formula is C23H17F3N2O2S. The molecule has 8 heteroatoms. The Balaban J connectivity index is 1.51. The molecule has 158 valence electrons. The highest BCUT2D eigenvalue weighted by molar-refractivity contribution is 7.99. The molecule has 4 rings (SSSR count). The SMILES string of the molecule is O=C(O)CCSc1ccc(-c2ccc(-c3nc4cc(C(F)(F)F)ccc4[nH]3)cc2)cc1. The Hall–Kier alpha value is -3.26. The number of imidazole rings is 1. The van der Waals surface area contributed by atoms with E-state index < -0.39 is 17.7 Å². The van der Waals surface area contributed by atoms with Gasteiger partial charge in [0.15, 0.2) is 0 Å². The molecule has 0 atom stereocenters. The van der Waals surface area contributed by atoms with E-state index in [0.717, 1.165) is 33.7 Å². The van der Waals surface area contributed by atoms with E-state index in [0.29, 0.717) is 17.1 Å². The van der Waals surface area contributed by atoms with Gasteiger partial charge in [-0.3, -0.25) is 4.79 Å². The molecule has 31 heavy (non-hydrogen) atoms. The number of aromatic amines is 1. The first-order chi connectivity index (χ1) is 14.8. The molecular weight excluding hydrogens is 425 g/mol. The van der Waals surface area contributed by atoms with E-state index in [-0.39, 0.29) is 11.9 Å². The second kappa shape index (κ2) is 8.47. The molecule has 4 nitrogen and oxygen atoms in total. The number of carbonyl (C=O) groups is 1. The molecule has 0 saturated heterocycles. The Morgan fingerprint density at radius 3 is 2.16 bits per heavy atom. The summed E-state index contributed by atoms with van der Waals surface area (Å²) in [5, 5.41) is 8.71. The quantitative estimate of drug-likeness (QED) is 0.335. The molecule has 0 aliphatic heterocycles. The van der Waals surface area contributed by atoms with Gasteiger partial charge in [-0.2, -0.15) is 13.2 Å². The highest BCUT2D eigenvalue weighted by Crippen LogP contribution is 2.32. The number of halogens is 3. The summed E-state index contributed by atoms with van der Waals surface area (Å²) in [5.41, 5.74) is 2.86. The lowest BCUT2D eigenvalue weighted by Gasteiger charge is -2.05. The van der Waals surface area contributed by atoms with Crippen LogP contribution in [0.25, 0.3) is 33.5 Å². The van der Waals surface area contributed by atoms with Crippen molar-refractivity contribution in [2.75, 3.05) is 5.75 Å². The van der Waals surface area contributed by atoms with E-state index in [1.54, 1.807) is 0 Å². The van der Waals surface area contributed by atoms with E-state index in [2.05, 4.69) is 9.97 Å². The number of alkyl halides is 3. The zero-order valence-corrected chi connectivity index (χ0v) is 16.9. The average molecular weight is 442 g/mol. The number of H-pyrrole nitrogens is 1. The first-order valence-corrected chi connectivity index (χ1v) is 10.4. The molecule has 0 amide bonds. The second-order valence-corrected chi connectivity index (χ2v) is 8.08. The molecule has 0 saturated carbocycles. The maximum Gasteiger partial charge on any atom is 0.416 e. The van der Waals surface area contributed by atoms with Crippen molar-refractivity contribution < 1.29 is 23.1 Å². The summed E-state index contributed by atoms with van der Waals surface area (Å²) in [6, 6.07) is 18.9. The van der Waals surface area contributed by atoms with Gasteiger partial charge in [-0.15, -0.1) is 11.8 Å². The molecule has 1 heterocycles. The molecule has 0 radical (unpaired) electrons. The first-order valence-electron chi connectivity index (χ1n) is 9.42. The van der Waals surface area contributed by atoms with Gasteiger partial charge < -0.3 is 10.1 Å². The van der Waals surface area contributed by atoms with Gasteiger partial charge in [0.25, 0.3) is 0 Å². The van der Waals surface area contributed by atoms with Gasteiger partial charge in [-0.1, -0.05) is 36.4 Å². The Labute approximate surface area is 180 Å². The van der Waals surface area contributed by atoms with Crippen LogP contribution in [0.4, 0.5) is 13.2 Å². The molecule has 0 fully saturated rings. The predicted molar refractivity (Wildman–Crippen MR) is 115 cm³/mol. The number of carboxylic acids is 1. The fraction of sp³-hybridized carbons (Fsp3) is 0.130. The monoisotopic (exact) mass is 442 g/mol. The Morgan fingerprint density at radius 1 is 0.935 bits per heavy atom. The lowest BCUT2D eigenvalue weighted by molar-refractivity contribution is -0.138. The Morgan fingerprint density at radius 2 is 1.55 bits per heavy atom. The summed E-state index contributed by atoms with van der Waals surface area (Å²) in [6.07, 6.45) is -4.29. The van der Waals surface area contributed by atoms with Crippen molar-refractivity contribution >= 4 is 28.8 Å². The van der Waals surface area contributed by atoms with Crippen LogP contribution < -0.4 is 0 Å². The summed E-state index contributed by atoms with van der Waals surface area (Å²) in [6.45, 7) is 0. The fourth-order valence-electron chi connectivity index (χ4n) is 3.14. The number of hydrogen-bond donors (Lipinski definition) is 2. The fourth-order valence-corrected chi connectivity index (χ4v) is 3.98. The molecule has 0 spiro atoms. The molecule has 0 aliphatic rings. The molecule has 4 aromatic rings. The smallest absolute Gasteiger partial charge is 0.416 e. The summed E-state index contributed by atoms with van der Waals surface area (Å²) in [4.78, 5) is 19.0. The van der Waals surface area contributed by atoms with Crippen LogP contribution in [0.5, 0.6) is 0 Å². The van der Waals surface area contributed by atoms with Crippen LogP contribution in [0.2, 0.25) is 0 Å². The zero-order chi connectivity index (χ0) is 22.0. The highest BCUT2D eigenvalue weighted by Gasteiger charge is 2.30. The van der Waals surface area contributed by atoms with Crippen LogP contribution in [0.1, 0.15) is 12.0 Å². The third-order valence-electron chi connectivity index (χ3n) is 4.74. The third kappa shape index (κ3) is 4.91. The van der Waals surface area contributed by atoms with Crippen molar-refractivity contribution in [3.63, 3.8) is 0 Å². The van der Waals surface area contributed by atoms with E-state index in [4.69, 9.17) is 5.11 Å². The van der Waals surface area contributed by atoms with E-state index in [1.165, 1.54) is 17.8 Å². The molecule has 3 aromatic carbocycles. The average Bonchev–Trinajstić information content (AvgIpc) is 3.17. The summed E-state index contributed by atoms with van der Waals surface area (Å²) in [7, 11) is 0. The minimum Gasteiger partial charge on any atom is -0.481 e. The number of aromatic nitrogens is 2. The minimum absolute atomic E-state index is 0.118. The maximum atomic E-state index is 12.9. The van der Waals surface area contributed by atoms with E-state index in [9.17, 15) is 18.0 Å². The molecule has 1 aromatic heterocycles. The van der Waals surface area contributed by atoms with Crippen molar-refractivity contribution in [1.29, 1.82) is 0 Å². The highest BCUT2D eigenvalue weighted by atomic mass is 32.2. The summed E-state index contributed by atoms with van der Waals surface area (Å²) < 4.78 is 38.7. The number of hydrogen-bond acceptors (Lipinski definition) is 3. The van der Waals surface area contributed by atoms with E-state index in [1.807, 2.05) is 48.5 Å². The van der Waals surface area contributed by atoms with Gasteiger partial charge in [0.05, 0.1) is 23.0 Å². The van der Waals surface area contributed by atoms with Crippen LogP contribution in [-0.2, 0) is 11.0 Å². The molecule has 0 aliphatic carbocycles. The van der Waals surface area contributed by atoms with Gasteiger partial charge in [-0.05, 0) is 41.5 Å². The van der Waals surface area contributed by atoms with E-state index >= 15 is 0 Å². The number of nitrogens with zero attached hydrogens (tertiary/aromatic N) is 1. The van der Waals surface area contributed by atoms with Crippen molar-refractivity contribution in [3.8, 4) is 22.5 Å². The summed E-state index contributed by atoms with van der Waals surface area (Å²) >= 11 is 1.49. The number of benzene rings is 3. The number of rotatable bonds is 6. The largest absolute Gasteiger partial charge is 0.481 e. The number of carboxylic acid groups (broad SMARTS) is 1. The zero-order valence-electron chi connectivity index (χ0n) is 16.1. The Kier molecular flexibility index (Phi) is 5.73. The van der Waals surface area contributed by atoms with Crippen molar-refractivity contribution in [2.45, 2.75) is 17.5 Å². The van der Waals surface area contributed by atoms with Crippen LogP contribution >= 0.6 is 11.8 Å². The number of fused-ring (bicyclic) bond motifs is 1. The standard InChI is InChI=1S/C23H17F3N2O2S/c24-23(25,26)17-7-10-19-20(13-17)28-22(27-19)16-3-1-14(2-4-16)15-5-8-18(9-6-15)31-12-11-21(29)30/h1-10,13H,11-12H2,(H,27,28)(H,29,30). The van der Waals surface area contributed by atoms with Gasteiger partial charge in [0.1, 0.15) is 5.82 Å². The minimum atomic E-state index is -4.40. The summed E-state index contributed by atoms with van der Waals surface area (Å²) in [5.74, 6) is 0.214. The Bertz CT molecular complexity index is 1220. The van der Waals surface area contributed by atoms with Gasteiger partial charge >= 0.3 is 12.1 Å². The van der Waals surface area contributed by atoms with Gasteiger partial charge in [0, 0.05) is 16.2 Å². The lowest BCUT2D eigenvalue weighted by atomic mass is 10.0. The lowest BCUT2D eigenvalue weighted by Crippen LogP contribution is -2.04. The van der Waals surface area contributed by atoms with Crippen molar-refractivity contribution in [1.82, 2.24) is 9.97 Å². The topological polar surface area (TPSA) is 66.0 Å². The van der Waals surface area contributed by atoms with Crippen molar-refractivity contribution in [3.05, 3.63) is 72.3 Å². The molecule has 0 unspecified atom stereocenters. The predicted octanol–water partition coefficient (Wildman–Crippen LogP) is 6.48. The number of aliphatic carboxylic acids is 1. The van der Waals surface area contributed by atoms with Crippen LogP contribution in [0, 0.1) is 0 Å². The van der Waals surface area contributed by atoms with Crippen LogP contribution in [-0.4, -0.2) is 26.8 Å². The third-order valence-corrected chi connectivity index (χ3v) is 5.75. The van der Waals surface area contributed by atoms with Crippen molar-refractivity contribution in [2.24, 2.45) is 0 Å². The number of nitrogens with one attached hydrogen (secondary N) is 1. The normalized spacial score (nSPS) is 11.7. The molecule has 2 N–H and O–H groups in total. The second-order valence-electron chi connectivity index (χ2n) is 6.91. The van der Waals surface area contributed by atoms with Crippen LogP contribution in [0.15, 0.2) is 71.6 Å². The maximum absolute atomic E-state index is 12.9. The number of thioether (sulfide) groups is 1. The van der Waals surface area contributed by atoms with Gasteiger partial charge in [0.2, 0.25) is 0 Å².